The van der Waals surface area contributed by atoms with Gasteiger partial charge in [0.25, 0.3) is 11.5 Å². The molecule has 2 aromatic carbocycles. The number of hydrogen-bond donors (Lipinski definition) is 3. The van der Waals surface area contributed by atoms with Crippen LogP contribution in [0.1, 0.15) is 25.5 Å². The Bertz CT molecular complexity index is 1520. The molecule has 13 heteroatoms. The number of nitrogens with zero attached hydrogens (tertiary/aromatic N) is 1. The molecule has 3 rings (SSSR count). The third kappa shape index (κ3) is 6.85. The summed E-state index contributed by atoms with van der Waals surface area (Å²) in [6.07, 6.45) is -1.03. The van der Waals surface area contributed by atoms with Gasteiger partial charge in [0.15, 0.2) is 0 Å². The Balaban J connectivity index is 2.11. The van der Waals surface area contributed by atoms with Crippen LogP contribution in [0.4, 0.5) is 23.7 Å². The minimum atomic E-state index is -4.65. The van der Waals surface area contributed by atoms with Gasteiger partial charge in [-0.1, -0.05) is 56.3 Å². The molecule has 4 N–H and O–H groups in total. The van der Waals surface area contributed by atoms with Gasteiger partial charge in [-0.25, -0.2) is 9.18 Å². The number of carbonyl (C=O) groups excluding carboxylic acids is 4. The smallest absolute Gasteiger partial charge is 0.411 e. The Morgan fingerprint density at radius 3 is 2.14 bits per heavy atom. The van der Waals surface area contributed by atoms with E-state index >= 15 is 8.78 Å². The fourth-order valence-electron chi connectivity index (χ4n) is 4.42. The maximum Gasteiger partial charge on any atom is 0.411 e. The van der Waals surface area contributed by atoms with Crippen molar-refractivity contribution in [2.45, 2.75) is 32.4 Å². The number of nitrogens with one attached hydrogen (secondary N) is 2. The van der Waals surface area contributed by atoms with Crippen LogP contribution in [0.15, 0.2) is 71.5 Å². The summed E-state index contributed by atoms with van der Waals surface area (Å²) < 4.78 is 49.3. The number of primary amides is 1. The van der Waals surface area contributed by atoms with Gasteiger partial charge in [-0.3, -0.25) is 29.1 Å². The number of carbonyl (C=O) groups is 4. The van der Waals surface area contributed by atoms with E-state index in [1.165, 1.54) is 38.1 Å². The molecule has 0 bridgehead atoms. The fourth-order valence-corrected chi connectivity index (χ4v) is 4.42. The van der Waals surface area contributed by atoms with E-state index in [1.807, 2.05) is 5.32 Å². The number of rotatable bonds is 11. The normalized spacial score (nSPS) is 12.7. The van der Waals surface area contributed by atoms with Crippen LogP contribution in [0.2, 0.25) is 0 Å². The Kier molecular flexibility index (Phi) is 9.89. The zero-order valence-corrected chi connectivity index (χ0v) is 22.9. The molecule has 1 aromatic heterocycles. The van der Waals surface area contributed by atoms with Crippen molar-refractivity contribution in [3.63, 3.8) is 0 Å². The van der Waals surface area contributed by atoms with Crippen molar-refractivity contribution in [3.8, 4) is 11.3 Å². The Morgan fingerprint density at radius 1 is 0.976 bits per heavy atom. The fraction of sp³-hybridized carbons (Fsp3) is 0.276. The number of methoxy groups -OCH3 is 1. The van der Waals surface area contributed by atoms with Crippen molar-refractivity contribution in [1.82, 2.24) is 9.88 Å². The number of Topliss-reactive ketones (excluding diaryl/α,β-unsaturated/α-hetero) is 1. The van der Waals surface area contributed by atoms with Gasteiger partial charge >= 0.3 is 12.0 Å². The molecule has 0 spiro atoms. The highest BCUT2D eigenvalue weighted by Gasteiger charge is 2.54. The molecular weight excluding hydrogens is 557 g/mol. The number of alkyl halides is 2. The van der Waals surface area contributed by atoms with Crippen LogP contribution < -0.4 is 21.9 Å². The average molecular weight is 587 g/mol. The van der Waals surface area contributed by atoms with E-state index in [1.54, 1.807) is 30.3 Å². The van der Waals surface area contributed by atoms with Gasteiger partial charge < -0.3 is 15.8 Å². The summed E-state index contributed by atoms with van der Waals surface area (Å²) in [5.74, 6) is -13.4. The van der Waals surface area contributed by atoms with Crippen LogP contribution in [0.3, 0.4) is 0 Å². The van der Waals surface area contributed by atoms with E-state index in [0.717, 1.165) is 23.8 Å². The molecule has 3 aromatic rings. The highest BCUT2D eigenvalue weighted by atomic mass is 19.3. The molecule has 0 radical (unpaired) electrons. The van der Waals surface area contributed by atoms with E-state index < -0.39 is 65.4 Å². The zero-order valence-electron chi connectivity index (χ0n) is 22.9. The quantitative estimate of drug-likeness (QED) is 0.292. The van der Waals surface area contributed by atoms with E-state index in [2.05, 4.69) is 10.1 Å². The number of ketones is 1. The Morgan fingerprint density at radius 2 is 1.60 bits per heavy atom. The van der Waals surface area contributed by atoms with E-state index in [9.17, 15) is 28.4 Å². The molecule has 42 heavy (non-hydrogen) atoms. The van der Waals surface area contributed by atoms with Crippen LogP contribution in [-0.4, -0.2) is 41.3 Å². The molecule has 1 heterocycles. The standard InChI is InChI=1S/C29H29F3N4O6/c1-16(2)22(24(37)29(31,32)27(40)34-15-17-9-11-19(30)12-10-17)23(25(33)38)36-21(18-7-5-4-6-8-18)14-13-20(26(36)39)35-28(41)42-3/h4-14,16,22-23H,15H2,1-3H3,(H2,33,38)(H,34,40)(H,35,41). The number of halogens is 3. The molecule has 0 aliphatic rings. The summed E-state index contributed by atoms with van der Waals surface area (Å²) in [4.78, 5) is 64.4. The molecule has 0 saturated heterocycles. The van der Waals surface area contributed by atoms with E-state index in [4.69, 9.17) is 5.73 Å². The first-order valence-corrected chi connectivity index (χ1v) is 12.7. The lowest BCUT2D eigenvalue weighted by molar-refractivity contribution is -0.164. The summed E-state index contributed by atoms with van der Waals surface area (Å²) in [6, 6.07) is 13.3. The lowest BCUT2D eigenvalue weighted by Gasteiger charge is -2.32. The highest BCUT2D eigenvalue weighted by Crippen LogP contribution is 2.35. The lowest BCUT2D eigenvalue weighted by atomic mass is 9.81. The molecule has 0 fully saturated rings. The lowest BCUT2D eigenvalue weighted by Crippen LogP contribution is -2.53. The van der Waals surface area contributed by atoms with Gasteiger partial charge in [0.2, 0.25) is 11.7 Å². The molecular formula is C29H29F3N4O6. The largest absolute Gasteiger partial charge is 0.453 e. The number of anilines is 1. The summed E-state index contributed by atoms with van der Waals surface area (Å²) in [5, 5.41) is 4.14. The summed E-state index contributed by atoms with van der Waals surface area (Å²) >= 11 is 0. The van der Waals surface area contributed by atoms with E-state index in [0.29, 0.717) is 5.56 Å². The first-order chi connectivity index (χ1) is 19.8. The number of pyridine rings is 1. The van der Waals surface area contributed by atoms with Crippen molar-refractivity contribution in [1.29, 1.82) is 0 Å². The van der Waals surface area contributed by atoms with Gasteiger partial charge in [0.05, 0.1) is 18.7 Å². The van der Waals surface area contributed by atoms with Crippen LogP contribution in [0.25, 0.3) is 11.3 Å². The molecule has 2 atom stereocenters. The second-order valence-electron chi connectivity index (χ2n) is 9.65. The number of benzene rings is 2. The predicted molar refractivity (Wildman–Crippen MR) is 147 cm³/mol. The van der Waals surface area contributed by atoms with Crippen molar-refractivity contribution in [2.75, 3.05) is 12.4 Å². The topological polar surface area (TPSA) is 150 Å². The van der Waals surface area contributed by atoms with Crippen molar-refractivity contribution in [3.05, 3.63) is 88.5 Å². The van der Waals surface area contributed by atoms with Gasteiger partial charge in [-0.2, -0.15) is 8.78 Å². The summed E-state index contributed by atoms with van der Waals surface area (Å²) in [5.41, 5.74) is 4.93. The Labute approximate surface area is 238 Å². The SMILES string of the molecule is COC(=O)Nc1ccc(-c2ccccc2)n(C(C(N)=O)C(C(=O)C(F)(F)C(=O)NCc2ccc(F)cc2)C(C)C)c1=O. The van der Waals surface area contributed by atoms with Crippen LogP contribution >= 0.6 is 0 Å². The summed E-state index contributed by atoms with van der Waals surface area (Å²) in [7, 11) is 1.05. The molecule has 0 aliphatic carbocycles. The van der Waals surface area contributed by atoms with Crippen LogP contribution in [-0.2, 0) is 25.7 Å². The minimum Gasteiger partial charge on any atom is -0.453 e. The van der Waals surface area contributed by atoms with Crippen LogP contribution in [0.5, 0.6) is 0 Å². The highest BCUT2D eigenvalue weighted by molar-refractivity contribution is 6.09. The van der Waals surface area contributed by atoms with Crippen molar-refractivity contribution < 1.29 is 37.1 Å². The zero-order chi connectivity index (χ0) is 31.2. The molecule has 0 aliphatic heterocycles. The number of aromatic nitrogens is 1. The van der Waals surface area contributed by atoms with Gasteiger partial charge in [-0.15, -0.1) is 0 Å². The Hall–Kier alpha value is -4.94. The molecule has 3 amide bonds. The molecule has 0 saturated carbocycles. The first kappa shape index (κ1) is 31.6. The van der Waals surface area contributed by atoms with Crippen LogP contribution in [0, 0.1) is 17.7 Å². The number of ether oxygens (including phenoxy) is 1. The molecule has 222 valence electrons. The number of hydrogen-bond acceptors (Lipinski definition) is 6. The minimum absolute atomic E-state index is 0.0299. The third-order valence-corrected chi connectivity index (χ3v) is 6.50. The second-order valence-corrected chi connectivity index (χ2v) is 9.65. The maximum atomic E-state index is 15.4. The maximum absolute atomic E-state index is 15.4. The third-order valence-electron chi connectivity index (χ3n) is 6.50. The number of amides is 3. The second kappa shape index (κ2) is 13.1. The monoisotopic (exact) mass is 586 g/mol. The molecule has 10 nitrogen and oxygen atoms in total. The van der Waals surface area contributed by atoms with Gasteiger partial charge in [0, 0.05) is 6.54 Å². The van der Waals surface area contributed by atoms with E-state index in [-0.39, 0.29) is 16.9 Å². The molecule has 2 unspecified atom stereocenters. The first-order valence-electron chi connectivity index (χ1n) is 12.7. The van der Waals surface area contributed by atoms with Gasteiger partial charge in [0.1, 0.15) is 17.5 Å². The van der Waals surface area contributed by atoms with Crippen molar-refractivity contribution in [2.24, 2.45) is 17.6 Å². The average Bonchev–Trinajstić information content (AvgIpc) is 2.96. The predicted octanol–water partition coefficient (Wildman–Crippen LogP) is 3.65. The summed E-state index contributed by atoms with van der Waals surface area (Å²) in [6.45, 7) is 2.27. The van der Waals surface area contributed by atoms with Gasteiger partial charge in [-0.05, 0) is 41.3 Å². The number of nitrogens with two attached hydrogens (primary N) is 1. The van der Waals surface area contributed by atoms with Crippen molar-refractivity contribution >= 4 is 29.4 Å².